The van der Waals surface area contributed by atoms with Crippen molar-refractivity contribution < 1.29 is 13.6 Å². The summed E-state index contributed by atoms with van der Waals surface area (Å²) in [4.78, 5) is 31.0. The maximum atomic E-state index is 13.7. The molecule has 2 aromatic rings. The minimum atomic E-state index is -0.846. The number of rotatable bonds is 6. The molecule has 5 nitrogen and oxygen atoms in total. The minimum Gasteiger partial charge on any atom is -0.323 e. The van der Waals surface area contributed by atoms with Crippen LogP contribution in [-0.2, 0) is 4.79 Å². The molecule has 0 spiro atoms. The van der Waals surface area contributed by atoms with Crippen molar-refractivity contribution in [3.63, 3.8) is 0 Å². The van der Waals surface area contributed by atoms with E-state index in [0.717, 1.165) is 17.8 Å². The summed E-state index contributed by atoms with van der Waals surface area (Å²) in [5, 5.41) is 2.18. The highest BCUT2D eigenvalue weighted by Gasteiger charge is 2.21. The van der Waals surface area contributed by atoms with Gasteiger partial charge in [-0.25, -0.2) is 13.8 Å². The highest BCUT2D eigenvalue weighted by atomic mass is 32.2. The lowest BCUT2D eigenvalue weighted by atomic mass is 10.1. The molecular weight excluding hydrogens is 348 g/mol. The molecule has 8 heteroatoms. The maximum absolute atomic E-state index is 13.7. The van der Waals surface area contributed by atoms with E-state index in [1.807, 2.05) is 13.8 Å². The van der Waals surface area contributed by atoms with Gasteiger partial charge in [-0.1, -0.05) is 32.5 Å². The molecule has 0 aliphatic carbocycles. The molecule has 0 saturated heterocycles. The number of H-pyrrole nitrogens is 1. The second-order valence-corrected chi connectivity index (χ2v) is 6.95. The highest BCUT2D eigenvalue weighted by molar-refractivity contribution is 8.00. The fourth-order valence-electron chi connectivity index (χ4n) is 2.07. The van der Waals surface area contributed by atoms with Crippen LogP contribution in [0.25, 0.3) is 0 Å². The number of amides is 1. The van der Waals surface area contributed by atoms with Crippen molar-refractivity contribution in [2.75, 3.05) is 5.32 Å². The lowest BCUT2D eigenvalue weighted by Crippen LogP contribution is -2.26. The Kier molecular flexibility index (Phi) is 6.30. The fourth-order valence-corrected chi connectivity index (χ4v) is 2.99. The third-order valence-electron chi connectivity index (χ3n) is 3.44. The average molecular weight is 367 g/mol. The van der Waals surface area contributed by atoms with Gasteiger partial charge >= 0.3 is 0 Å². The third-order valence-corrected chi connectivity index (χ3v) is 4.69. The molecule has 25 heavy (non-hydrogen) atoms. The van der Waals surface area contributed by atoms with Crippen LogP contribution in [0.4, 0.5) is 14.5 Å². The Morgan fingerprint density at radius 2 is 2.04 bits per heavy atom. The Morgan fingerprint density at radius 3 is 2.64 bits per heavy atom. The van der Waals surface area contributed by atoms with Gasteiger partial charge < -0.3 is 10.3 Å². The van der Waals surface area contributed by atoms with E-state index in [1.54, 1.807) is 6.92 Å². The normalized spacial score (nSPS) is 12.2. The van der Waals surface area contributed by atoms with Crippen LogP contribution in [0.3, 0.4) is 0 Å². The molecule has 0 bridgehead atoms. The second-order valence-electron chi connectivity index (χ2n) is 5.76. The predicted molar refractivity (Wildman–Crippen MR) is 93.9 cm³/mol. The third kappa shape index (κ3) is 5.12. The zero-order valence-electron chi connectivity index (χ0n) is 14.1. The molecule has 0 fully saturated rings. The van der Waals surface area contributed by atoms with E-state index in [-0.39, 0.29) is 17.2 Å². The van der Waals surface area contributed by atoms with Gasteiger partial charge in [0, 0.05) is 12.1 Å². The van der Waals surface area contributed by atoms with Gasteiger partial charge in [-0.3, -0.25) is 9.59 Å². The fraction of sp³-hybridized carbons (Fsp3) is 0.353. The Balaban J connectivity index is 2.16. The average Bonchev–Trinajstić information content (AvgIpc) is 2.54. The predicted octanol–water partition coefficient (Wildman–Crippen LogP) is 3.68. The monoisotopic (exact) mass is 367 g/mol. The molecule has 2 N–H and O–H groups in total. The topological polar surface area (TPSA) is 74.8 Å². The summed E-state index contributed by atoms with van der Waals surface area (Å²) in [5.74, 6) is -1.94. The first-order valence-electron chi connectivity index (χ1n) is 7.84. The summed E-state index contributed by atoms with van der Waals surface area (Å²) in [5.41, 5.74) is 0.245. The largest absolute Gasteiger partial charge is 0.323 e. The number of hydrogen-bond donors (Lipinski definition) is 2. The van der Waals surface area contributed by atoms with Crippen LogP contribution in [-0.4, -0.2) is 21.1 Å². The smallest absolute Gasteiger partial charge is 0.251 e. The molecule has 0 aliphatic rings. The van der Waals surface area contributed by atoms with Crippen LogP contribution in [0, 0.1) is 11.6 Å². The van der Waals surface area contributed by atoms with Crippen LogP contribution in [0.5, 0.6) is 0 Å². The first kappa shape index (κ1) is 19.1. The molecule has 1 aromatic carbocycles. The van der Waals surface area contributed by atoms with Crippen molar-refractivity contribution in [1.82, 2.24) is 9.97 Å². The molecule has 0 radical (unpaired) electrons. The van der Waals surface area contributed by atoms with E-state index in [0.29, 0.717) is 23.3 Å². The highest BCUT2D eigenvalue weighted by Crippen LogP contribution is 2.25. The van der Waals surface area contributed by atoms with Gasteiger partial charge in [-0.15, -0.1) is 0 Å². The van der Waals surface area contributed by atoms with Crippen LogP contribution in [0.2, 0.25) is 0 Å². The Bertz CT molecular complexity index is 824. The van der Waals surface area contributed by atoms with Crippen molar-refractivity contribution in [1.29, 1.82) is 0 Å². The summed E-state index contributed by atoms with van der Waals surface area (Å²) < 4.78 is 26.6. The van der Waals surface area contributed by atoms with E-state index in [4.69, 9.17) is 0 Å². The van der Waals surface area contributed by atoms with E-state index in [1.165, 1.54) is 12.1 Å². The lowest BCUT2D eigenvalue weighted by Gasteiger charge is -2.15. The summed E-state index contributed by atoms with van der Waals surface area (Å²) in [7, 11) is 0. The minimum absolute atomic E-state index is 0.0730. The quantitative estimate of drug-likeness (QED) is 0.603. The van der Waals surface area contributed by atoms with Crippen LogP contribution in [0.1, 0.15) is 38.8 Å². The van der Waals surface area contributed by atoms with Gasteiger partial charge in [0.1, 0.15) is 11.6 Å². The van der Waals surface area contributed by atoms with Gasteiger partial charge in [-0.2, -0.15) is 0 Å². The molecule has 0 saturated carbocycles. The summed E-state index contributed by atoms with van der Waals surface area (Å²) in [6.07, 6.45) is 0.439. The number of nitrogens with one attached hydrogen (secondary N) is 2. The first-order valence-corrected chi connectivity index (χ1v) is 8.72. The van der Waals surface area contributed by atoms with E-state index >= 15 is 0 Å². The van der Waals surface area contributed by atoms with Gasteiger partial charge in [0.25, 0.3) is 5.56 Å². The number of aromatic amines is 1. The molecule has 2 rings (SSSR count). The number of carbonyl (C=O) groups excluding carboxylic acids is 1. The van der Waals surface area contributed by atoms with Crippen LogP contribution >= 0.6 is 11.8 Å². The zero-order valence-corrected chi connectivity index (χ0v) is 14.9. The summed E-state index contributed by atoms with van der Waals surface area (Å²) in [6.45, 7) is 5.62. The van der Waals surface area contributed by atoms with Gasteiger partial charge in [0.05, 0.1) is 16.6 Å². The van der Waals surface area contributed by atoms with Crippen molar-refractivity contribution in [3.05, 3.63) is 51.9 Å². The summed E-state index contributed by atoms with van der Waals surface area (Å²) in [6, 6.07) is 4.36. The zero-order chi connectivity index (χ0) is 18.6. The van der Waals surface area contributed by atoms with Crippen molar-refractivity contribution in [3.8, 4) is 0 Å². The number of halogens is 2. The van der Waals surface area contributed by atoms with Crippen molar-refractivity contribution >= 4 is 23.4 Å². The number of hydrogen-bond acceptors (Lipinski definition) is 4. The maximum Gasteiger partial charge on any atom is 0.251 e. The molecule has 1 heterocycles. The molecule has 1 aromatic heterocycles. The number of carbonyl (C=O) groups is 1. The number of nitrogens with zero attached hydrogens (tertiary/aromatic N) is 1. The Labute approximate surface area is 148 Å². The van der Waals surface area contributed by atoms with Gasteiger partial charge in [0.15, 0.2) is 5.16 Å². The van der Waals surface area contributed by atoms with E-state index in [2.05, 4.69) is 15.3 Å². The SMILES string of the molecule is CCC(Sc1nc(C(C)C)cc(=O)[nH]1)C(=O)Nc1ccc(F)cc1F. The Morgan fingerprint density at radius 1 is 1.32 bits per heavy atom. The van der Waals surface area contributed by atoms with E-state index < -0.39 is 22.8 Å². The van der Waals surface area contributed by atoms with E-state index in [9.17, 15) is 18.4 Å². The second kappa shape index (κ2) is 8.24. The number of thioether (sulfide) groups is 1. The van der Waals surface area contributed by atoms with Gasteiger partial charge in [0.2, 0.25) is 5.91 Å². The molecule has 1 unspecified atom stereocenters. The number of anilines is 1. The molecule has 0 aliphatic heterocycles. The molecule has 134 valence electrons. The standard InChI is InChI=1S/C17H19F2N3O2S/c1-4-14(16(24)20-12-6-5-10(18)7-11(12)19)25-17-21-13(9(2)3)8-15(23)22-17/h5-9,14H,4H2,1-3H3,(H,20,24)(H,21,22,23). The summed E-state index contributed by atoms with van der Waals surface area (Å²) >= 11 is 1.10. The molecule has 1 atom stereocenters. The van der Waals surface area contributed by atoms with Crippen LogP contribution < -0.4 is 10.9 Å². The number of benzene rings is 1. The van der Waals surface area contributed by atoms with Gasteiger partial charge in [-0.05, 0) is 24.5 Å². The molecule has 1 amide bonds. The number of aromatic nitrogens is 2. The van der Waals surface area contributed by atoms with Crippen molar-refractivity contribution in [2.24, 2.45) is 0 Å². The van der Waals surface area contributed by atoms with Crippen LogP contribution in [0.15, 0.2) is 34.2 Å². The molecular formula is C17H19F2N3O2S. The Hall–Kier alpha value is -2.22. The van der Waals surface area contributed by atoms with Crippen molar-refractivity contribution in [2.45, 2.75) is 43.5 Å². The first-order chi connectivity index (χ1) is 11.8. The lowest BCUT2D eigenvalue weighted by molar-refractivity contribution is -0.115.